The summed E-state index contributed by atoms with van der Waals surface area (Å²) in [4.78, 5) is 0. The van der Waals surface area contributed by atoms with Crippen LogP contribution in [0.2, 0.25) is 0 Å². The van der Waals surface area contributed by atoms with Crippen LogP contribution in [0.3, 0.4) is 0 Å². The normalized spacial score (nSPS) is 11.4. The highest BCUT2D eigenvalue weighted by molar-refractivity contribution is 4.81. The van der Waals surface area contributed by atoms with Gasteiger partial charge < -0.3 is 0 Å². The molecule has 1 aromatic rings. The second-order valence-electron chi connectivity index (χ2n) is 4.39. The van der Waals surface area contributed by atoms with Crippen molar-refractivity contribution in [1.29, 1.82) is 0 Å². The van der Waals surface area contributed by atoms with Crippen LogP contribution in [0.4, 0.5) is 0 Å². The van der Waals surface area contributed by atoms with E-state index in [4.69, 9.17) is 0 Å². The Labute approximate surface area is 104 Å². The minimum Gasteiger partial charge on any atom is -0.177 e. The number of aromatic nitrogens is 4. The number of hydrogen-bond acceptors (Lipinski definition) is 3. The van der Waals surface area contributed by atoms with Gasteiger partial charge in [-0.3, -0.25) is 0 Å². The number of H-pyrrole nitrogens is 1. The van der Waals surface area contributed by atoms with Crippen molar-refractivity contribution in [3.63, 3.8) is 0 Å². The highest BCUT2D eigenvalue weighted by Crippen LogP contribution is 2.06. The third-order valence-corrected chi connectivity index (χ3v) is 2.80. The molecule has 0 aliphatic carbocycles. The van der Waals surface area contributed by atoms with E-state index in [9.17, 15) is 0 Å². The first-order chi connectivity index (χ1) is 8.43. The largest absolute Gasteiger partial charge is 0.177 e. The van der Waals surface area contributed by atoms with E-state index < -0.39 is 0 Å². The summed E-state index contributed by atoms with van der Waals surface area (Å²) < 4.78 is 0. The van der Waals surface area contributed by atoms with Crippen molar-refractivity contribution in [3.8, 4) is 0 Å². The quantitative estimate of drug-likeness (QED) is 0.500. The van der Waals surface area contributed by atoms with E-state index in [-0.39, 0.29) is 0 Å². The summed E-state index contributed by atoms with van der Waals surface area (Å²) in [6, 6.07) is 0. The highest BCUT2D eigenvalue weighted by atomic mass is 15.5. The lowest BCUT2D eigenvalue weighted by Gasteiger charge is -1.97. The Bertz CT molecular complexity index is 280. The summed E-state index contributed by atoms with van der Waals surface area (Å²) in [5.74, 6) is 0.837. The zero-order valence-electron chi connectivity index (χ0n) is 10.9. The number of nitrogens with zero attached hydrogens (tertiary/aromatic N) is 3. The van der Waals surface area contributed by atoms with E-state index in [1.165, 1.54) is 51.4 Å². The van der Waals surface area contributed by atoms with E-state index >= 15 is 0 Å². The Morgan fingerprint density at radius 1 is 1.00 bits per heavy atom. The molecule has 4 heteroatoms. The average Bonchev–Trinajstić information content (AvgIpc) is 2.85. The molecule has 4 nitrogen and oxygen atoms in total. The molecule has 0 spiro atoms. The van der Waals surface area contributed by atoms with Gasteiger partial charge >= 0.3 is 0 Å². The minimum absolute atomic E-state index is 0.837. The fourth-order valence-corrected chi connectivity index (χ4v) is 1.74. The fourth-order valence-electron chi connectivity index (χ4n) is 1.74. The summed E-state index contributed by atoms with van der Waals surface area (Å²) in [5, 5.41) is 13.9. The van der Waals surface area contributed by atoms with E-state index in [0.717, 1.165) is 12.2 Å². The molecule has 96 valence electrons. The van der Waals surface area contributed by atoms with Gasteiger partial charge in [0.05, 0.1) is 0 Å². The van der Waals surface area contributed by atoms with Crippen molar-refractivity contribution >= 4 is 0 Å². The molecule has 17 heavy (non-hydrogen) atoms. The molecule has 0 aromatic carbocycles. The van der Waals surface area contributed by atoms with Gasteiger partial charge in [0.2, 0.25) is 0 Å². The van der Waals surface area contributed by atoms with Crippen molar-refractivity contribution in [2.24, 2.45) is 0 Å². The molecule has 0 fully saturated rings. The first kappa shape index (κ1) is 13.9. The maximum absolute atomic E-state index is 3.93. The van der Waals surface area contributed by atoms with Crippen LogP contribution < -0.4 is 0 Å². The molecule has 0 saturated heterocycles. The average molecular weight is 236 g/mol. The molecule has 0 saturated carbocycles. The molecule has 0 radical (unpaired) electrons. The van der Waals surface area contributed by atoms with Gasteiger partial charge in [0.1, 0.15) is 0 Å². The Morgan fingerprint density at radius 3 is 2.47 bits per heavy atom. The zero-order chi connectivity index (χ0) is 12.2. The Kier molecular flexibility index (Phi) is 8.16. The van der Waals surface area contributed by atoms with Gasteiger partial charge in [0.25, 0.3) is 0 Å². The van der Waals surface area contributed by atoms with Gasteiger partial charge in [0, 0.05) is 6.42 Å². The number of tetrazole rings is 1. The standard InChI is InChI=1S/C13H24N4/c1-2-3-4-5-6-7-8-9-10-11-12-13-14-16-17-15-13/h5-6H,2-4,7-12H2,1H3,(H,14,15,16,17)/b6-5-. The Hall–Kier alpha value is -1.19. The lowest BCUT2D eigenvalue weighted by molar-refractivity contribution is 0.634. The maximum Gasteiger partial charge on any atom is 0.174 e. The molecular weight excluding hydrogens is 212 g/mol. The molecule has 1 heterocycles. The number of aryl methyl sites for hydroxylation is 1. The van der Waals surface area contributed by atoms with Crippen molar-refractivity contribution in [2.45, 2.75) is 64.7 Å². The number of rotatable bonds is 10. The first-order valence-corrected chi connectivity index (χ1v) is 6.80. The van der Waals surface area contributed by atoms with Crippen molar-refractivity contribution < 1.29 is 0 Å². The van der Waals surface area contributed by atoms with E-state index in [2.05, 4.69) is 39.7 Å². The number of hydrogen-bond donors (Lipinski definition) is 1. The Balaban J connectivity index is 1.83. The minimum atomic E-state index is 0.837. The smallest absolute Gasteiger partial charge is 0.174 e. The van der Waals surface area contributed by atoms with Crippen molar-refractivity contribution in [3.05, 3.63) is 18.0 Å². The van der Waals surface area contributed by atoms with Gasteiger partial charge in [0.15, 0.2) is 5.82 Å². The monoisotopic (exact) mass is 236 g/mol. The molecule has 1 aromatic heterocycles. The van der Waals surface area contributed by atoms with E-state index in [1.807, 2.05) is 0 Å². The summed E-state index contributed by atoms with van der Waals surface area (Å²) in [6.07, 6.45) is 15.7. The first-order valence-electron chi connectivity index (χ1n) is 6.80. The molecule has 0 unspecified atom stereocenters. The van der Waals surface area contributed by atoms with Gasteiger partial charge in [-0.1, -0.05) is 50.0 Å². The highest BCUT2D eigenvalue weighted by Gasteiger charge is 1.96. The predicted octanol–water partition coefficient (Wildman–Crippen LogP) is 3.44. The predicted molar refractivity (Wildman–Crippen MR) is 69.6 cm³/mol. The molecule has 0 amide bonds. The second-order valence-corrected chi connectivity index (χ2v) is 4.39. The lowest BCUT2D eigenvalue weighted by atomic mass is 10.1. The summed E-state index contributed by atoms with van der Waals surface area (Å²) >= 11 is 0. The van der Waals surface area contributed by atoms with Gasteiger partial charge in [-0.05, 0) is 25.7 Å². The molecule has 0 aliphatic heterocycles. The summed E-state index contributed by atoms with van der Waals surface area (Å²) in [6.45, 7) is 2.23. The fraction of sp³-hybridized carbons (Fsp3) is 0.769. The van der Waals surface area contributed by atoms with Crippen LogP contribution in [-0.4, -0.2) is 20.6 Å². The lowest BCUT2D eigenvalue weighted by Crippen LogP contribution is -1.88. The summed E-state index contributed by atoms with van der Waals surface area (Å²) in [7, 11) is 0. The summed E-state index contributed by atoms with van der Waals surface area (Å²) in [5.41, 5.74) is 0. The SMILES string of the molecule is CCCC/C=C\CCCCCCc1nn[nH]n1. The van der Waals surface area contributed by atoms with Gasteiger partial charge in [-0.25, -0.2) is 0 Å². The molecular formula is C13H24N4. The number of nitrogens with one attached hydrogen (secondary N) is 1. The van der Waals surface area contributed by atoms with Crippen LogP contribution in [0, 0.1) is 0 Å². The number of allylic oxidation sites excluding steroid dienone is 2. The van der Waals surface area contributed by atoms with Crippen LogP contribution in [-0.2, 0) is 6.42 Å². The second kappa shape index (κ2) is 10.00. The van der Waals surface area contributed by atoms with E-state index in [0.29, 0.717) is 0 Å². The molecule has 1 rings (SSSR count). The Morgan fingerprint density at radius 2 is 1.76 bits per heavy atom. The third-order valence-electron chi connectivity index (χ3n) is 2.80. The van der Waals surface area contributed by atoms with Crippen molar-refractivity contribution in [2.75, 3.05) is 0 Å². The molecule has 1 N–H and O–H groups in total. The van der Waals surface area contributed by atoms with Gasteiger partial charge in [-0.15, -0.1) is 10.2 Å². The third kappa shape index (κ3) is 7.66. The van der Waals surface area contributed by atoms with E-state index in [1.54, 1.807) is 0 Å². The van der Waals surface area contributed by atoms with Gasteiger partial charge in [-0.2, -0.15) is 5.21 Å². The van der Waals surface area contributed by atoms with Crippen LogP contribution >= 0.6 is 0 Å². The van der Waals surface area contributed by atoms with Crippen LogP contribution in [0.1, 0.15) is 64.1 Å². The maximum atomic E-state index is 3.93. The van der Waals surface area contributed by atoms with Crippen molar-refractivity contribution in [1.82, 2.24) is 20.6 Å². The van der Waals surface area contributed by atoms with Crippen LogP contribution in [0.15, 0.2) is 12.2 Å². The number of unbranched alkanes of at least 4 members (excludes halogenated alkanes) is 6. The topological polar surface area (TPSA) is 54.5 Å². The van der Waals surface area contributed by atoms with Crippen LogP contribution in [0.25, 0.3) is 0 Å². The molecule has 0 bridgehead atoms. The molecule has 0 aliphatic rings. The zero-order valence-corrected chi connectivity index (χ0v) is 10.9. The number of aromatic amines is 1. The molecule has 0 atom stereocenters. The van der Waals surface area contributed by atoms with Crippen LogP contribution in [0.5, 0.6) is 0 Å².